The summed E-state index contributed by atoms with van der Waals surface area (Å²) in [6.45, 7) is -0.122. The van der Waals surface area contributed by atoms with E-state index < -0.39 is 6.10 Å². The lowest BCUT2D eigenvalue weighted by atomic mass is 9.91. The van der Waals surface area contributed by atoms with Crippen LogP contribution in [-0.4, -0.2) is 73.5 Å². The van der Waals surface area contributed by atoms with Gasteiger partial charge in [-0.3, -0.25) is 14.4 Å². The summed E-state index contributed by atoms with van der Waals surface area (Å²) in [7, 11) is 0. The fraction of sp³-hybridized carbons (Fsp3) is 0.710. The Hall–Kier alpha value is -2.49. The van der Waals surface area contributed by atoms with Crippen molar-refractivity contribution in [1.82, 2.24) is 16.0 Å². The Morgan fingerprint density at radius 3 is 1.65 bits per heavy atom. The number of rotatable bonds is 2. The fourth-order valence-corrected chi connectivity index (χ4v) is 6.73. The van der Waals surface area contributed by atoms with Gasteiger partial charge in [0.15, 0.2) is 0 Å². The van der Waals surface area contributed by atoms with Crippen molar-refractivity contribution in [3.05, 3.63) is 35.9 Å². The summed E-state index contributed by atoms with van der Waals surface area (Å²) in [4.78, 5) is 39.6. The van der Waals surface area contributed by atoms with Crippen molar-refractivity contribution in [2.75, 3.05) is 13.2 Å². The maximum atomic E-state index is 13.7. The molecule has 0 radical (unpaired) electrons. The molecule has 220 valence electrons. The van der Waals surface area contributed by atoms with Crippen LogP contribution in [0.1, 0.15) is 82.6 Å². The molecule has 1 aromatic carbocycles. The summed E-state index contributed by atoms with van der Waals surface area (Å²) in [6.07, 6.45) is 9.92. The normalized spacial score (nSPS) is 34.9. The van der Waals surface area contributed by atoms with Crippen LogP contribution in [0.3, 0.4) is 0 Å². The Balaban J connectivity index is 1.36. The molecule has 0 unspecified atom stereocenters. The van der Waals surface area contributed by atoms with Crippen molar-refractivity contribution < 1.29 is 28.6 Å². The van der Waals surface area contributed by atoms with E-state index in [1.54, 1.807) is 0 Å². The third kappa shape index (κ3) is 8.04. The number of carbonyl (C=O) groups excluding carboxylic acids is 3. The minimum atomic E-state index is -0.700. The number of hydrogen-bond acceptors (Lipinski definition) is 6. The summed E-state index contributed by atoms with van der Waals surface area (Å²) in [5, 5.41) is 9.47. The molecule has 5 rings (SSSR count). The molecular weight excluding hydrogens is 510 g/mol. The molecule has 9 nitrogen and oxygen atoms in total. The first kappa shape index (κ1) is 29.0. The summed E-state index contributed by atoms with van der Waals surface area (Å²) < 4.78 is 18.8. The van der Waals surface area contributed by atoms with Gasteiger partial charge in [0.25, 0.3) is 0 Å². The number of hydrogen-bond donors (Lipinski definition) is 3. The molecular formula is C31H45N3O6. The van der Waals surface area contributed by atoms with Crippen molar-refractivity contribution in [1.29, 1.82) is 0 Å². The minimum Gasteiger partial charge on any atom is -0.366 e. The molecule has 9 heteroatoms. The summed E-state index contributed by atoms with van der Waals surface area (Å²) >= 11 is 0. The Labute approximate surface area is 237 Å². The van der Waals surface area contributed by atoms with E-state index in [-0.39, 0.29) is 67.4 Å². The Morgan fingerprint density at radius 2 is 1.07 bits per heavy atom. The van der Waals surface area contributed by atoms with Gasteiger partial charge in [0.05, 0.1) is 36.4 Å². The number of amides is 3. The molecule has 7 atom stereocenters. The van der Waals surface area contributed by atoms with Crippen molar-refractivity contribution in [2.24, 2.45) is 0 Å². The van der Waals surface area contributed by atoms with Crippen LogP contribution in [0.4, 0.5) is 0 Å². The third-order valence-corrected chi connectivity index (χ3v) is 8.88. The zero-order valence-corrected chi connectivity index (χ0v) is 23.5. The van der Waals surface area contributed by atoms with Gasteiger partial charge in [-0.25, -0.2) is 0 Å². The highest BCUT2D eigenvalue weighted by molar-refractivity contribution is 5.81. The smallest absolute Gasteiger partial charge is 0.249 e. The second-order valence-corrected chi connectivity index (χ2v) is 11.9. The lowest BCUT2D eigenvalue weighted by Gasteiger charge is -2.37. The highest BCUT2D eigenvalue weighted by atomic mass is 16.5. The minimum absolute atomic E-state index is 0.0611. The summed E-state index contributed by atoms with van der Waals surface area (Å²) in [6, 6.07) is 9.40. The Morgan fingerprint density at radius 1 is 0.600 bits per heavy atom. The summed E-state index contributed by atoms with van der Waals surface area (Å²) in [5.41, 5.74) is 1.02. The van der Waals surface area contributed by atoms with Crippen molar-refractivity contribution in [3.63, 3.8) is 0 Å². The standard InChI is InChI=1S/C31H45N3O6/c35-29-19-39-26-16-8-5-13-23(26)34-31(37)28(18-21-10-2-1-3-11-21)40-27-17-9-6-14-24(27)33-30(36)20-38-25-15-7-4-12-22(25)32-29/h1-3,10-11,22-28H,4-9,12-20H2,(H,32,35)(H,33,36)(H,34,37)/t22-,23-,24-,25-,26-,27-,28+/m0/s1. The predicted octanol–water partition coefficient (Wildman–Crippen LogP) is 2.94. The highest BCUT2D eigenvalue weighted by Gasteiger charge is 2.36. The first-order chi connectivity index (χ1) is 19.5. The largest absolute Gasteiger partial charge is 0.366 e. The van der Waals surface area contributed by atoms with Crippen LogP contribution < -0.4 is 16.0 Å². The molecule has 1 saturated heterocycles. The van der Waals surface area contributed by atoms with Crippen molar-refractivity contribution >= 4 is 17.7 Å². The molecule has 4 aliphatic rings. The van der Waals surface area contributed by atoms with Crippen molar-refractivity contribution in [2.45, 2.75) is 126 Å². The molecule has 1 aromatic rings. The van der Waals surface area contributed by atoms with E-state index in [2.05, 4.69) is 16.0 Å². The molecule has 40 heavy (non-hydrogen) atoms. The van der Waals surface area contributed by atoms with Gasteiger partial charge in [0.2, 0.25) is 17.7 Å². The van der Waals surface area contributed by atoms with Gasteiger partial charge in [0.1, 0.15) is 19.3 Å². The SMILES string of the molecule is O=C1CO[C@H]2CCCC[C@@H]2NC(=O)[C@@H](Cc2ccccc2)O[C@H]2CCCC[C@@H]2NC(=O)CO[C@H]2CCCC[C@@H]2N1. The fourth-order valence-electron chi connectivity index (χ4n) is 6.73. The third-order valence-electron chi connectivity index (χ3n) is 8.88. The molecule has 1 aliphatic heterocycles. The van der Waals surface area contributed by atoms with E-state index in [1.807, 2.05) is 30.3 Å². The van der Waals surface area contributed by atoms with E-state index >= 15 is 0 Å². The van der Waals surface area contributed by atoms with Crippen LogP contribution in [0.25, 0.3) is 0 Å². The topological polar surface area (TPSA) is 115 Å². The molecule has 0 bridgehead atoms. The monoisotopic (exact) mass is 555 g/mol. The number of carbonyl (C=O) groups is 3. The number of ether oxygens (including phenoxy) is 3. The van der Waals surface area contributed by atoms with Gasteiger partial charge in [-0.2, -0.15) is 0 Å². The predicted molar refractivity (Wildman–Crippen MR) is 149 cm³/mol. The van der Waals surface area contributed by atoms with Crippen LogP contribution in [0.2, 0.25) is 0 Å². The van der Waals surface area contributed by atoms with Crippen molar-refractivity contribution in [3.8, 4) is 0 Å². The van der Waals surface area contributed by atoms with Gasteiger partial charge in [-0.1, -0.05) is 68.9 Å². The van der Waals surface area contributed by atoms with Crippen LogP contribution in [0.15, 0.2) is 30.3 Å². The maximum absolute atomic E-state index is 13.7. The van der Waals surface area contributed by atoms with Crippen LogP contribution in [0, 0.1) is 0 Å². The first-order valence-corrected chi connectivity index (χ1v) is 15.4. The molecule has 0 aromatic heterocycles. The Bertz CT molecular complexity index is 989. The highest BCUT2D eigenvalue weighted by Crippen LogP contribution is 2.26. The summed E-state index contributed by atoms with van der Waals surface area (Å²) in [5.74, 6) is -0.536. The van der Waals surface area contributed by atoms with Gasteiger partial charge < -0.3 is 30.2 Å². The molecule has 3 aliphatic carbocycles. The molecule has 0 spiro atoms. The second-order valence-electron chi connectivity index (χ2n) is 11.9. The first-order valence-electron chi connectivity index (χ1n) is 15.4. The molecule has 4 fully saturated rings. The quantitative estimate of drug-likeness (QED) is 0.517. The van der Waals surface area contributed by atoms with Crippen LogP contribution in [0.5, 0.6) is 0 Å². The molecule has 1 heterocycles. The average Bonchev–Trinajstić information content (AvgIpc) is 2.97. The van der Waals surface area contributed by atoms with E-state index in [9.17, 15) is 14.4 Å². The molecule has 3 N–H and O–H groups in total. The van der Waals surface area contributed by atoms with Gasteiger partial charge in [-0.05, 0) is 44.1 Å². The lowest BCUT2D eigenvalue weighted by Crippen LogP contribution is -2.55. The van der Waals surface area contributed by atoms with E-state index in [0.717, 1.165) is 82.6 Å². The van der Waals surface area contributed by atoms with E-state index in [0.29, 0.717) is 6.42 Å². The maximum Gasteiger partial charge on any atom is 0.249 e. The second kappa shape index (κ2) is 14.4. The van der Waals surface area contributed by atoms with Gasteiger partial charge >= 0.3 is 0 Å². The van der Waals surface area contributed by atoms with Crippen LogP contribution in [-0.2, 0) is 35.0 Å². The zero-order chi connectivity index (χ0) is 27.7. The number of nitrogens with one attached hydrogen (secondary N) is 3. The number of fused-ring (bicyclic) bond motifs is 3. The van der Waals surface area contributed by atoms with E-state index in [1.165, 1.54) is 0 Å². The van der Waals surface area contributed by atoms with Gasteiger partial charge in [0, 0.05) is 6.42 Å². The average molecular weight is 556 g/mol. The van der Waals surface area contributed by atoms with Crippen LogP contribution >= 0.6 is 0 Å². The zero-order valence-electron chi connectivity index (χ0n) is 23.5. The van der Waals surface area contributed by atoms with E-state index in [4.69, 9.17) is 14.2 Å². The lowest BCUT2D eigenvalue weighted by molar-refractivity contribution is -0.144. The Kier molecular flexibility index (Phi) is 10.5. The molecule has 3 amide bonds. The molecule has 3 saturated carbocycles. The number of benzene rings is 1. The van der Waals surface area contributed by atoms with Gasteiger partial charge in [-0.15, -0.1) is 0 Å².